The zero-order chi connectivity index (χ0) is 11.6. The minimum absolute atomic E-state index is 0.258. The van der Waals surface area contributed by atoms with Gasteiger partial charge < -0.3 is 9.52 Å². The van der Waals surface area contributed by atoms with Crippen LogP contribution in [0.15, 0.2) is 22.8 Å². The summed E-state index contributed by atoms with van der Waals surface area (Å²) in [4.78, 5) is 2.37. The molecule has 0 bridgehead atoms. The maximum absolute atomic E-state index is 9.42. The Bertz CT molecular complexity index is 319. The zero-order valence-electron chi connectivity index (χ0n) is 10.1. The topological polar surface area (TPSA) is 36.6 Å². The summed E-state index contributed by atoms with van der Waals surface area (Å²) in [6.45, 7) is 7.69. The monoisotopic (exact) mass is 223 g/mol. The van der Waals surface area contributed by atoms with E-state index in [-0.39, 0.29) is 12.0 Å². The summed E-state index contributed by atoms with van der Waals surface area (Å²) >= 11 is 0. The molecule has 0 amide bonds. The van der Waals surface area contributed by atoms with E-state index in [2.05, 4.69) is 18.7 Å². The Morgan fingerprint density at radius 1 is 1.56 bits per heavy atom. The van der Waals surface area contributed by atoms with Crippen molar-refractivity contribution < 1.29 is 9.52 Å². The van der Waals surface area contributed by atoms with Gasteiger partial charge in [0, 0.05) is 13.2 Å². The van der Waals surface area contributed by atoms with Crippen LogP contribution < -0.4 is 0 Å². The van der Waals surface area contributed by atoms with Gasteiger partial charge in [-0.3, -0.25) is 4.90 Å². The Morgan fingerprint density at radius 2 is 2.38 bits per heavy atom. The van der Waals surface area contributed by atoms with Crippen LogP contribution >= 0.6 is 0 Å². The summed E-state index contributed by atoms with van der Waals surface area (Å²) in [6.07, 6.45) is 2.85. The van der Waals surface area contributed by atoms with Gasteiger partial charge in [0.15, 0.2) is 0 Å². The maximum Gasteiger partial charge on any atom is 0.117 e. The van der Waals surface area contributed by atoms with Gasteiger partial charge in [-0.1, -0.05) is 13.8 Å². The molecule has 3 nitrogen and oxygen atoms in total. The second kappa shape index (κ2) is 4.60. The van der Waals surface area contributed by atoms with Gasteiger partial charge >= 0.3 is 0 Å². The van der Waals surface area contributed by atoms with Crippen LogP contribution in [0.3, 0.4) is 0 Å². The average Bonchev–Trinajstić information content (AvgIpc) is 2.73. The molecule has 1 aromatic rings. The molecule has 1 aliphatic rings. The molecule has 1 atom stereocenters. The van der Waals surface area contributed by atoms with Gasteiger partial charge in [0.25, 0.3) is 0 Å². The Kier molecular flexibility index (Phi) is 3.36. The quantitative estimate of drug-likeness (QED) is 0.852. The van der Waals surface area contributed by atoms with Crippen molar-refractivity contribution in [2.24, 2.45) is 11.3 Å². The smallest absolute Gasteiger partial charge is 0.117 e. The average molecular weight is 223 g/mol. The third-order valence-electron chi connectivity index (χ3n) is 3.84. The summed E-state index contributed by atoms with van der Waals surface area (Å²) in [6, 6.07) is 3.93. The number of likely N-dealkylation sites (tertiary alicyclic amines) is 1. The van der Waals surface area contributed by atoms with Crippen molar-refractivity contribution in [3.63, 3.8) is 0 Å². The molecule has 2 rings (SSSR count). The van der Waals surface area contributed by atoms with Crippen molar-refractivity contribution in [1.29, 1.82) is 0 Å². The van der Waals surface area contributed by atoms with Crippen LogP contribution in [-0.4, -0.2) is 29.7 Å². The molecule has 1 N–H and O–H groups in total. The number of aliphatic hydroxyl groups is 1. The lowest BCUT2D eigenvalue weighted by Gasteiger charge is -2.43. The molecule has 0 spiro atoms. The maximum atomic E-state index is 9.42. The normalized spacial score (nSPS) is 25.8. The van der Waals surface area contributed by atoms with Gasteiger partial charge in [-0.05, 0) is 36.4 Å². The van der Waals surface area contributed by atoms with Gasteiger partial charge in [0.05, 0.1) is 12.8 Å². The lowest BCUT2D eigenvalue weighted by atomic mass is 9.74. The lowest BCUT2D eigenvalue weighted by molar-refractivity contribution is 0.0169. The molecule has 1 saturated heterocycles. The third kappa shape index (κ3) is 2.47. The van der Waals surface area contributed by atoms with Crippen molar-refractivity contribution in [1.82, 2.24) is 4.90 Å². The molecule has 0 aliphatic carbocycles. The first-order valence-corrected chi connectivity index (χ1v) is 5.97. The first-order valence-electron chi connectivity index (χ1n) is 5.97. The lowest BCUT2D eigenvalue weighted by Crippen LogP contribution is -2.45. The predicted octanol–water partition coefficient (Wildman–Crippen LogP) is 2.12. The fraction of sp³-hybridized carbons (Fsp3) is 0.692. The van der Waals surface area contributed by atoms with Crippen molar-refractivity contribution in [3.8, 4) is 0 Å². The molecule has 90 valence electrons. The molecular weight excluding hydrogens is 202 g/mol. The summed E-state index contributed by atoms with van der Waals surface area (Å²) in [5.74, 6) is 1.38. The third-order valence-corrected chi connectivity index (χ3v) is 3.84. The highest BCUT2D eigenvalue weighted by atomic mass is 16.3. The summed E-state index contributed by atoms with van der Waals surface area (Å²) < 4.78 is 5.35. The van der Waals surface area contributed by atoms with Crippen LogP contribution in [0.5, 0.6) is 0 Å². The summed E-state index contributed by atoms with van der Waals surface area (Å²) in [7, 11) is 0. The van der Waals surface area contributed by atoms with E-state index in [9.17, 15) is 5.11 Å². The Labute approximate surface area is 97.1 Å². The van der Waals surface area contributed by atoms with Gasteiger partial charge in [0.2, 0.25) is 0 Å². The number of hydrogen-bond donors (Lipinski definition) is 1. The van der Waals surface area contributed by atoms with E-state index in [4.69, 9.17) is 4.42 Å². The molecule has 1 unspecified atom stereocenters. The van der Waals surface area contributed by atoms with E-state index < -0.39 is 0 Å². The number of hydrogen-bond acceptors (Lipinski definition) is 3. The fourth-order valence-electron chi connectivity index (χ4n) is 2.37. The molecule has 1 aromatic heterocycles. The molecule has 0 aromatic carbocycles. The van der Waals surface area contributed by atoms with Crippen LogP contribution in [0.1, 0.15) is 26.0 Å². The second-order valence-corrected chi connectivity index (χ2v) is 5.43. The van der Waals surface area contributed by atoms with Crippen LogP contribution in [0.4, 0.5) is 0 Å². The van der Waals surface area contributed by atoms with Gasteiger partial charge in [-0.2, -0.15) is 0 Å². The molecule has 1 aliphatic heterocycles. The first kappa shape index (κ1) is 11.7. The van der Waals surface area contributed by atoms with E-state index in [0.717, 1.165) is 31.8 Å². The molecule has 16 heavy (non-hydrogen) atoms. The SMILES string of the molecule is CC1(C)CCN(Cc2ccco2)CC1CO. The predicted molar refractivity (Wildman–Crippen MR) is 63.0 cm³/mol. The van der Waals surface area contributed by atoms with Gasteiger partial charge in [0.1, 0.15) is 5.76 Å². The van der Waals surface area contributed by atoms with Crippen molar-refractivity contribution in [2.75, 3.05) is 19.7 Å². The largest absolute Gasteiger partial charge is 0.468 e. The molecule has 1 fully saturated rings. The van der Waals surface area contributed by atoms with Crippen LogP contribution in [0, 0.1) is 11.3 Å². The van der Waals surface area contributed by atoms with Crippen molar-refractivity contribution in [2.45, 2.75) is 26.8 Å². The number of piperidine rings is 1. The zero-order valence-corrected chi connectivity index (χ0v) is 10.1. The van der Waals surface area contributed by atoms with Crippen molar-refractivity contribution in [3.05, 3.63) is 24.2 Å². The highest BCUT2D eigenvalue weighted by molar-refractivity contribution is 4.99. The van der Waals surface area contributed by atoms with E-state index in [1.54, 1.807) is 6.26 Å². The molecular formula is C13H21NO2. The Balaban J connectivity index is 1.94. The Morgan fingerprint density at radius 3 is 3.00 bits per heavy atom. The van der Waals surface area contributed by atoms with E-state index in [1.807, 2.05) is 12.1 Å². The van der Waals surface area contributed by atoms with Crippen molar-refractivity contribution >= 4 is 0 Å². The summed E-state index contributed by atoms with van der Waals surface area (Å²) in [5, 5.41) is 9.42. The summed E-state index contributed by atoms with van der Waals surface area (Å²) in [5.41, 5.74) is 0.258. The minimum atomic E-state index is 0.258. The molecule has 3 heteroatoms. The number of nitrogens with zero attached hydrogens (tertiary/aromatic N) is 1. The van der Waals surface area contributed by atoms with Gasteiger partial charge in [-0.25, -0.2) is 0 Å². The molecule has 0 radical (unpaired) electrons. The molecule has 0 saturated carbocycles. The fourth-order valence-corrected chi connectivity index (χ4v) is 2.37. The van der Waals surface area contributed by atoms with Gasteiger partial charge in [-0.15, -0.1) is 0 Å². The highest BCUT2D eigenvalue weighted by Gasteiger charge is 2.34. The number of furan rings is 1. The van der Waals surface area contributed by atoms with E-state index in [0.29, 0.717) is 5.92 Å². The van der Waals surface area contributed by atoms with Crippen LogP contribution in [0.25, 0.3) is 0 Å². The highest BCUT2D eigenvalue weighted by Crippen LogP contribution is 2.35. The minimum Gasteiger partial charge on any atom is -0.468 e. The second-order valence-electron chi connectivity index (χ2n) is 5.43. The molecule has 2 heterocycles. The van der Waals surface area contributed by atoms with Crippen LogP contribution in [-0.2, 0) is 6.54 Å². The standard InChI is InChI=1S/C13H21NO2/c1-13(2)5-6-14(8-11(13)10-15)9-12-4-3-7-16-12/h3-4,7,11,15H,5-6,8-10H2,1-2H3. The number of aliphatic hydroxyl groups excluding tert-OH is 1. The van der Waals surface area contributed by atoms with E-state index >= 15 is 0 Å². The Hall–Kier alpha value is -0.800. The number of rotatable bonds is 3. The van der Waals surface area contributed by atoms with E-state index in [1.165, 1.54) is 0 Å². The first-order chi connectivity index (χ1) is 7.62. The van der Waals surface area contributed by atoms with Crippen LogP contribution in [0.2, 0.25) is 0 Å².